The Balaban J connectivity index is 2.69. The Bertz CT molecular complexity index is 476. The second-order valence-electron chi connectivity index (χ2n) is 2.60. The van der Waals surface area contributed by atoms with Gasteiger partial charge in [0, 0.05) is 18.5 Å². The highest BCUT2D eigenvalue weighted by Gasteiger charge is 2.34. The van der Waals surface area contributed by atoms with Crippen molar-refractivity contribution in [2.24, 2.45) is 0 Å². The first-order chi connectivity index (χ1) is 6.48. The molecule has 1 N–H and O–H groups in total. The van der Waals surface area contributed by atoms with Gasteiger partial charge in [-0.2, -0.15) is 13.2 Å². The first-order valence-corrected chi connectivity index (χ1v) is 3.59. The lowest BCUT2D eigenvalue weighted by Gasteiger charge is -1.98. The van der Waals surface area contributed by atoms with E-state index in [-0.39, 0.29) is 11.7 Å². The maximum absolute atomic E-state index is 12.2. The monoisotopic (exact) mass is 203 g/mol. The lowest BCUT2D eigenvalue weighted by atomic mass is 10.5. The molecule has 0 saturated heterocycles. The molecule has 0 saturated carbocycles. The van der Waals surface area contributed by atoms with Crippen LogP contribution in [0.2, 0.25) is 0 Å². The minimum atomic E-state index is -4.53. The van der Waals surface area contributed by atoms with Gasteiger partial charge in [-0.1, -0.05) is 0 Å². The van der Waals surface area contributed by atoms with E-state index in [1.165, 1.54) is 12.3 Å². The highest BCUT2D eigenvalue weighted by molar-refractivity contribution is 5.35. The first-order valence-electron chi connectivity index (χ1n) is 3.59. The Morgan fingerprint density at radius 1 is 1.36 bits per heavy atom. The second kappa shape index (κ2) is 2.60. The molecule has 0 bridgehead atoms. The van der Waals surface area contributed by atoms with Crippen molar-refractivity contribution in [2.75, 3.05) is 0 Å². The van der Waals surface area contributed by atoms with Crippen molar-refractivity contribution in [1.82, 2.24) is 14.4 Å². The van der Waals surface area contributed by atoms with E-state index in [1.807, 2.05) is 0 Å². The van der Waals surface area contributed by atoms with Gasteiger partial charge in [0.25, 0.3) is 0 Å². The molecular formula is C7H4F3N3O. The van der Waals surface area contributed by atoms with Crippen LogP contribution in [-0.4, -0.2) is 19.5 Å². The highest BCUT2D eigenvalue weighted by atomic mass is 19.4. The maximum Gasteiger partial charge on any atom is 0.434 e. The van der Waals surface area contributed by atoms with E-state index in [9.17, 15) is 13.2 Å². The molecule has 0 aliphatic heterocycles. The molecule has 2 aromatic heterocycles. The van der Waals surface area contributed by atoms with Crippen LogP contribution in [-0.2, 0) is 6.18 Å². The van der Waals surface area contributed by atoms with E-state index in [4.69, 9.17) is 5.11 Å². The molecule has 0 atom stereocenters. The lowest BCUT2D eigenvalue weighted by molar-refractivity contribution is -0.140. The number of nitrogens with zero attached hydrogens (tertiary/aromatic N) is 3. The molecule has 2 aromatic rings. The fraction of sp³-hybridized carbons (Fsp3) is 0.143. The summed E-state index contributed by atoms with van der Waals surface area (Å²) in [5, 5.41) is 9.17. The van der Waals surface area contributed by atoms with E-state index in [1.54, 1.807) is 0 Å². The van der Waals surface area contributed by atoms with Crippen LogP contribution in [0.4, 0.5) is 13.2 Å². The Hall–Kier alpha value is -1.79. The van der Waals surface area contributed by atoms with Crippen molar-refractivity contribution in [3.8, 4) is 5.88 Å². The Labute approximate surface area is 75.6 Å². The van der Waals surface area contributed by atoms with Crippen LogP contribution >= 0.6 is 0 Å². The molecule has 2 rings (SSSR count). The summed E-state index contributed by atoms with van der Waals surface area (Å²) in [6, 6.07) is 1.18. The Morgan fingerprint density at radius 3 is 2.64 bits per heavy atom. The SMILES string of the molecule is Oc1ccnc2nc(C(F)(F)F)cn12. The number of hydrogen-bond donors (Lipinski definition) is 1. The maximum atomic E-state index is 12.2. The summed E-state index contributed by atoms with van der Waals surface area (Å²) in [5.41, 5.74) is -1.08. The molecule has 0 amide bonds. The smallest absolute Gasteiger partial charge is 0.434 e. The second-order valence-corrected chi connectivity index (χ2v) is 2.60. The fourth-order valence-electron chi connectivity index (χ4n) is 1.02. The molecule has 0 unspecified atom stereocenters. The molecule has 0 radical (unpaired) electrons. The van der Waals surface area contributed by atoms with Gasteiger partial charge in [0.05, 0.1) is 0 Å². The highest BCUT2D eigenvalue weighted by Crippen LogP contribution is 2.28. The Morgan fingerprint density at radius 2 is 2.07 bits per heavy atom. The van der Waals surface area contributed by atoms with Crippen LogP contribution in [0.3, 0.4) is 0 Å². The molecule has 7 heteroatoms. The average Bonchev–Trinajstić information content (AvgIpc) is 2.48. The summed E-state index contributed by atoms with van der Waals surface area (Å²) >= 11 is 0. The van der Waals surface area contributed by atoms with E-state index in [2.05, 4.69) is 9.97 Å². The summed E-state index contributed by atoms with van der Waals surface area (Å²) < 4.78 is 37.4. The molecule has 0 aromatic carbocycles. The van der Waals surface area contributed by atoms with Crippen LogP contribution < -0.4 is 0 Å². The van der Waals surface area contributed by atoms with Gasteiger partial charge in [-0.05, 0) is 0 Å². The van der Waals surface area contributed by atoms with Crippen LogP contribution in [0.25, 0.3) is 5.78 Å². The number of hydrogen-bond acceptors (Lipinski definition) is 3. The zero-order valence-electron chi connectivity index (χ0n) is 6.65. The third kappa shape index (κ3) is 1.26. The van der Waals surface area contributed by atoms with Crippen LogP contribution in [0.1, 0.15) is 5.69 Å². The van der Waals surface area contributed by atoms with Crippen molar-refractivity contribution in [3.05, 3.63) is 24.2 Å². The summed E-state index contributed by atoms with van der Waals surface area (Å²) in [6.07, 6.45) is -2.66. The minimum absolute atomic E-state index is 0.183. The largest absolute Gasteiger partial charge is 0.494 e. The van der Waals surface area contributed by atoms with E-state index in [0.717, 1.165) is 4.40 Å². The predicted octanol–water partition coefficient (Wildman–Crippen LogP) is 1.45. The molecule has 4 nitrogen and oxygen atoms in total. The van der Waals surface area contributed by atoms with Crippen LogP contribution in [0.5, 0.6) is 5.88 Å². The fourth-order valence-corrected chi connectivity index (χ4v) is 1.02. The van der Waals surface area contributed by atoms with Gasteiger partial charge < -0.3 is 5.11 Å². The van der Waals surface area contributed by atoms with Gasteiger partial charge >= 0.3 is 6.18 Å². The number of alkyl halides is 3. The number of rotatable bonds is 0. The molecule has 0 fully saturated rings. The first kappa shape index (κ1) is 8.79. The van der Waals surface area contributed by atoms with Gasteiger partial charge in [0.1, 0.15) is 0 Å². The Kier molecular flexibility index (Phi) is 1.63. The summed E-state index contributed by atoms with van der Waals surface area (Å²) in [7, 11) is 0. The van der Waals surface area contributed by atoms with Crippen molar-refractivity contribution < 1.29 is 18.3 Å². The zero-order valence-corrected chi connectivity index (χ0v) is 6.65. The van der Waals surface area contributed by atoms with Gasteiger partial charge in [-0.3, -0.25) is 4.40 Å². The third-order valence-electron chi connectivity index (χ3n) is 1.64. The average molecular weight is 203 g/mol. The van der Waals surface area contributed by atoms with Crippen LogP contribution in [0, 0.1) is 0 Å². The molecule has 0 aliphatic rings. The topological polar surface area (TPSA) is 50.4 Å². The number of fused-ring (bicyclic) bond motifs is 1. The van der Waals surface area contributed by atoms with E-state index >= 15 is 0 Å². The molecular weight excluding hydrogens is 199 g/mol. The van der Waals surface area contributed by atoms with E-state index in [0.29, 0.717) is 6.20 Å². The number of imidazole rings is 1. The van der Waals surface area contributed by atoms with Crippen molar-refractivity contribution in [2.45, 2.75) is 6.18 Å². The van der Waals surface area contributed by atoms with Gasteiger partial charge in [-0.25, -0.2) is 9.97 Å². The number of halogens is 3. The molecule has 14 heavy (non-hydrogen) atoms. The zero-order chi connectivity index (χ0) is 10.3. The van der Waals surface area contributed by atoms with Crippen molar-refractivity contribution >= 4 is 5.78 Å². The quantitative estimate of drug-likeness (QED) is 0.705. The number of aromatic nitrogens is 3. The third-order valence-corrected chi connectivity index (χ3v) is 1.64. The van der Waals surface area contributed by atoms with Gasteiger partial charge in [0.2, 0.25) is 5.78 Å². The summed E-state index contributed by atoms with van der Waals surface area (Å²) in [6.45, 7) is 0. The summed E-state index contributed by atoms with van der Waals surface area (Å²) in [5.74, 6) is -0.518. The molecule has 0 spiro atoms. The molecule has 0 aliphatic carbocycles. The number of aromatic hydroxyl groups is 1. The van der Waals surface area contributed by atoms with Gasteiger partial charge in [0.15, 0.2) is 11.6 Å². The van der Waals surface area contributed by atoms with Crippen molar-refractivity contribution in [1.29, 1.82) is 0 Å². The van der Waals surface area contributed by atoms with E-state index < -0.39 is 11.9 Å². The van der Waals surface area contributed by atoms with Gasteiger partial charge in [-0.15, -0.1) is 0 Å². The standard InChI is InChI=1S/C7H4F3N3O/c8-7(9,10)4-3-13-5(14)1-2-11-6(13)12-4/h1-3,14H. The lowest BCUT2D eigenvalue weighted by Crippen LogP contribution is -2.04. The van der Waals surface area contributed by atoms with Crippen molar-refractivity contribution in [3.63, 3.8) is 0 Å². The minimum Gasteiger partial charge on any atom is -0.494 e. The molecule has 2 heterocycles. The normalized spacial score (nSPS) is 12.2. The summed E-state index contributed by atoms with van der Waals surface area (Å²) in [4.78, 5) is 6.78. The predicted molar refractivity (Wildman–Crippen MR) is 39.7 cm³/mol. The molecule has 74 valence electrons. The van der Waals surface area contributed by atoms with Crippen LogP contribution in [0.15, 0.2) is 18.5 Å².